The van der Waals surface area contributed by atoms with Crippen molar-refractivity contribution in [3.8, 4) is 5.75 Å². The van der Waals surface area contributed by atoms with Crippen LogP contribution in [0.4, 0.5) is 4.39 Å². The molecule has 1 aromatic heterocycles. The first kappa shape index (κ1) is 26.4. The van der Waals surface area contributed by atoms with Crippen molar-refractivity contribution in [2.24, 2.45) is 5.41 Å². The standard InChI is InChI=1S/C29H34ClFN2O3/c1-36-22-10-11-26-23(19-22)27(24(30)20-32-26)25(31)12-13-29(28(34)35)14-17-33(18-15-29)16-6-5-9-21-7-3-2-4-8-21/h2-4,7-8,10-11,19-20,25H,5-6,9,12-18H2,1H3,(H,34,35). The Kier molecular flexibility index (Phi) is 8.81. The second-order valence-electron chi connectivity index (χ2n) is 9.78. The van der Waals surface area contributed by atoms with Crippen LogP contribution in [-0.4, -0.2) is 47.7 Å². The minimum Gasteiger partial charge on any atom is -0.497 e. The lowest BCUT2D eigenvalue weighted by atomic mass is 9.74. The molecule has 5 nitrogen and oxygen atoms in total. The molecule has 36 heavy (non-hydrogen) atoms. The molecule has 1 fully saturated rings. The van der Waals surface area contributed by atoms with Gasteiger partial charge in [-0.25, -0.2) is 4.39 Å². The van der Waals surface area contributed by atoms with Gasteiger partial charge in [-0.05, 0) is 88.3 Å². The van der Waals surface area contributed by atoms with Gasteiger partial charge in [-0.15, -0.1) is 0 Å². The Labute approximate surface area is 217 Å². The van der Waals surface area contributed by atoms with Crippen LogP contribution >= 0.6 is 11.6 Å². The molecule has 1 atom stereocenters. The predicted octanol–water partition coefficient (Wildman–Crippen LogP) is 6.88. The van der Waals surface area contributed by atoms with Crippen LogP contribution < -0.4 is 4.74 Å². The van der Waals surface area contributed by atoms with Crippen LogP contribution in [0.5, 0.6) is 5.75 Å². The monoisotopic (exact) mass is 512 g/mol. The summed E-state index contributed by atoms with van der Waals surface area (Å²) in [6.07, 6.45) is 4.76. The van der Waals surface area contributed by atoms with Gasteiger partial charge in [0.05, 0.1) is 23.1 Å². The number of likely N-dealkylation sites (tertiary alicyclic amines) is 1. The molecule has 1 unspecified atom stereocenters. The molecule has 7 heteroatoms. The van der Waals surface area contributed by atoms with E-state index in [1.165, 1.54) is 11.8 Å². The Morgan fingerprint density at radius 2 is 1.94 bits per heavy atom. The van der Waals surface area contributed by atoms with Crippen molar-refractivity contribution in [3.05, 3.63) is 70.9 Å². The van der Waals surface area contributed by atoms with E-state index >= 15 is 4.39 Å². The minimum absolute atomic E-state index is 0.0966. The topological polar surface area (TPSA) is 62.7 Å². The number of carbonyl (C=O) groups is 1. The zero-order valence-electron chi connectivity index (χ0n) is 20.8. The Hall–Kier alpha value is -2.70. The number of unbranched alkanes of at least 4 members (excludes halogenated alkanes) is 1. The predicted molar refractivity (Wildman–Crippen MR) is 142 cm³/mol. The molecule has 0 radical (unpaired) electrons. The maximum absolute atomic E-state index is 15.6. The van der Waals surface area contributed by atoms with Gasteiger partial charge in [-0.3, -0.25) is 9.78 Å². The number of carboxylic acid groups (broad SMARTS) is 1. The van der Waals surface area contributed by atoms with Crippen LogP contribution in [0, 0.1) is 5.41 Å². The van der Waals surface area contributed by atoms with E-state index in [-0.39, 0.29) is 17.9 Å². The van der Waals surface area contributed by atoms with Crippen molar-refractivity contribution < 1.29 is 19.0 Å². The lowest BCUT2D eigenvalue weighted by molar-refractivity contribution is -0.153. The van der Waals surface area contributed by atoms with Gasteiger partial charge in [0.2, 0.25) is 0 Å². The highest BCUT2D eigenvalue weighted by atomic mass is 35.5. The van der Waals surface area contributed by atoms with E-state index < -0.39 is 17.6 Å². The molecule has 1 aliphatic heterocycles. The van der Waals surface area contributed by atoms with Crippen molar-refractivity contribution >= 4 is 28.5 Å². The summed E-state index contributed by atoms with van der Waals surface area (Å²) in [6, 6.07) is 15.7. The molecular formula is C29H34ClFN2O3. The van der Waals surface area contributed by atoms with Gasteiger partial charge in [-0.1, -0.05) is 41.9 Å². The third-order valence-corrected chi connectivity index (χ3v) is 7.86. The van der Waals surface area contributed by atoms with Gasteiger partial charge in [0.25, 0.3) is 0 Å². The van der Waals surface area contributed by atoms with Gasteiger partial charge in [0.1, 0.15) is 11.9 Å². The molecule has 2 aromatic carbocycles. The number of aliphatic carboxylic acids is 1. The van der Waals surface area contributed by atoms with Crippen LogP contribution in [0.25, 0.3) is 10.9 Å². The Bertz CT molecular complexity index is 1170. The van der Waals surface area contributed by atoms with Gasteiger partial charge in [-0.2, -0.15) is 0 Å². The summed E-state index contributed by atoms with van der Waals surface area (Å²) >= 11 is 6.36. The first-order chi connectivity index (χ1) is 17.4. The maximum Gasteiger partial charge on any atom is 0.309 e. The summed E-state index contributed by atoms with van der Waals surface area (Å²) in [5.74, 6) is -0.232. The molecular weight excluding hydrogens is 479 g/mol. The molecule has 1 aliphatic rings. The number of ether oxygens (including phenoxy) is 1. The lowest BCUT2D eigenvalue weighted by Gasteiger charge is -2.39. The summed E-state index contributed by atoms with van der Waals surface area (Å²) in [5.41, 5.74) is 1.43. The maximum atomic E-state index is 15.6. The Morgan fingerprint density at radius 3 is 2.64 bits per heavy atom. The smallest absolute Gasteiger partial charge is 0.309 e. The van der Waals surface area contributed by atoms with Crippen molar-refractivity contribution in [1.29, 1.82) is 0 Å². The number of rotatable bonds is 11. The number of aryl methyl sites for hydroxylation is 1. The number of methoxy groups -OCH3 is 1. The summed E-state index contributed by atoms with van der Waals surface area (Å²) in [5, 5.41) is 10.9. The first-order valence-corrected chi connectivity index (χ1v) is 13.1. The molecule has 192 valence electrons. The normalized spacial score (nSPS) is 16.6. The molecule has 0 spiro atoms. The molecule has 1 N–H and O–H groups in total. The Morgan fingerprint density at radius 1 is 1.19 bits per heavy atom. The van der Waals surface area contributed by atoms with Gasteiger partial charge in [0.15, 0.2) is 0 Å². The van der Waals surface area contributed by atoms with Crippen LogP contribution in [0.3, 0.4) is 0 Å². The van der Waals surface area contributed by atoms with E-state index in [1.807, 2.05) is 6.07 Å². The second kappa shape index (κ2) is 12.0. The fourth-order valence-electron chi connectivity index (χ4n) is 5.25. The van der Waals surface area contributed by atoms with Crippen molar-refractivity contribution in [3.63, 3.8) is 0 Å². The third kappa shape index (κ3) is 6.16. The quantitative estimate of drug-likeness (QED) is 0.284. The third-order valence-electron chi connectivity index (χ3n) is 7.56. The number of halogens is 2. The zero-order chi connectivity index (χ0) is 25.5. The number of alkyl halides is 1. The van der Waals surface area contributed by atoms with E-state index in [0.29, 0.717) is 35.1 Å². The number of benzene rings is 2. The van der Waals surface area contributed by atoms with Crippen LogP contribution in [0.15, 0.2) is 54.7 Å². The lowest BCUT2D eigenvalue weighted by Crippen LogP contribution is -2.44. The number of pyridine rings is 1. The molecule has 0 bridgehead atoms. The highest BCUT2D eigenvalue weighted by Gasteiger charge is 2.41. The number of carboxylic acids is 1. The average molecular weight is 513 g/mol. The summed E-state index contributed by atoms with van der Waals surface area (Å²) < 4.78 is 20.9. The summed E-state index contributed by atoms with van der Waals surface area (Å²) in [4.78, 5) is 19.0. The average Bonchev–Trinajstić information content (AvgIpc) is 2.90. The van der Waals surface area contributed by atoms with E-state index in [4.69, 9.17) is 16.3 Å². The van der Waals surface area contributed by atoms with Crippen molar-refractivity contribution in [1.82, 2.24) is 9.88 Å². The minimum atomic E-state index is -1.39. The fraction of sp³-hybridized carbons (Fsp3) is 0.448. The number of fused-ring (bicyclic) bond motifs is 1. The van der Waals surface area contributed by atoms with E-state index in [9.17, 15) is 9.90 Å². The molecule has 0 amide bonds. The second-order valence-corrected chi connectivity index (χ2v) is 10.2. The zero-order valence-corrected chi connectivity index (χ0v) is 21.5. The number of piperidine rings is 1. The number of nitrogens with zero attached hydrogens (tertiary/aromatic N) is 2. The largest absolute Gasteiger partial charge is 0.497 e. The molecule has 4 rings (SSSR count). The Balaban J connectivity index is 1.34. The summed E-state index contributed by atoms with van der Waals surface area (Å²) in [7, 11) is 1.55. The van der Waals surface area contributed by atoms with Crippen LogP contribution in [-0.2, 0) is 11.2 Å². The fourth-order valence-corrected chi connectivity index (χ4v) is 5.51. The first-order valence-electron chi connectivity index (χ1n) is 12.7. The van der Waals surface area contributed by atoms with Crippen LogP contribution in [0.2, 0.25) is 5.02 Å². The molecule has 3 aromatic rings. The molecule has 0 aliphatic carbocycles. The van der Waals surface area contributed by atoms with Crippen LogP contribution in [0.1, 0.15) is 55.8 Å². The SMILES string of the molecule is COc1ccc2ncc(Cl)c(C(F)CCC3(C(=O)O)CCN(CCCCc4ccccc4)CC3)c2c1. The molecule has 0 saturated carbocycles. The highest BCUT2D eigenvalue weighted by Crippen LogP contribution is 2.42. The highest BCUT2D eigenvalue weighted by molar-refractivity contribution is 6.32. The van der Waals surface area contributed by atoms with E-state index in [0.717, 1.165) is 38.9 Å². The summed E-state index contributed by atoms with van der Waals surface area (Å²) in [6.45, 7) is 2.42. The van der Waals surface area contributed by atoms with Crippen molar-refractivity contribution in [2.45, 2.75) is 51.1 Å². The van der Waals surface area contributed by atoms with Gasteiger partial charge < -0.3 is 14.7 Å². The number of hydrogen-bond acceptors (Lipinski definition) is 4. The molecule has 2 heterocycles. The molecule has 1 saturated heterocycles. The van der Waals surface area contributed by atoms with Gasteiger partial charge >= 0.3 is 5.97 Å². The van der Waals surface area contributed by atoms with E-state index in [2.05, 4.69) is 34.1 Å². The van der Waals surface area contributed by atoms with Crippen molar-refractivity contribution in [2.75, 3.05) is 26.7 Å². The number of hydrogen-bond donors (Lipinski definition) is 1. The number of aromatic nitrogens is 1. The van der Waals surface area contributed by atoms with E-state index in [1.54, 1.807) is 25.3 Å². The van der Waals surface area contributed by atoms with Gasteiger partial charge in [0, 0.05) is 17.1 Å².